The number of para-hydroxylation sites is 1. The molecule has 3 heteroatoms. The topological polar surface area (TPSA) is 44.5 Å². The van der Waals surface area contributed by atoms with Crippen LogP contribution in [0.3, 0.4) is 0 Å². The highest BCUT2D eigenvalue weighted by molar-refractivity contribution is 5.41. The highest BCUT2D eigenvalue weighted by Crippen LogP contribution is 2.31. The number of hydrogen-bond donors (Lipinski definition) is 1. The van der Waals surface area contributed by atoms with Crippen molar-refractivity contribution < 1.29 is 9.47 Å². The Labute approximate surface area is 114 Å². The van der Waals surface area contributed by atoms with E-state index in [1.54, 1.807) is 7.11 Å². The van der Waals surface area contributed by atoms with Crippen molar-refractivity contribution in [1.82, 2.24) is 0 Å². The lowest BCUT2D eigenvalue weighted by Crippen LogP contribution is -2.09. The molecule has 0 aromatic heterocycles. The SMILES string of the molecule is CC[C@H](N)c1ccccc1Oc1cccc(OC)c1. The summed E-state index contributed by atoms with van der Waals surface area (Å²) in [5.74, 6) is 2.31. The third-order valence-corrected chi connectivity index (χ3v) is 3.03. The number of hydrogen-bond acceptors (Lipinski definition) is 3. The van der Waals surface area contributed by atoms with Crippen LogP contribution in [-0.2, 0) is 0 Å². The van der Waals surface area contributed by atoms with Crippen LogP contribution in [0.25, 0.3) is 0 Å². The quantitative estimate of drug-likeness (QED) is 0.883. The molecule has 0 radical (unpaired) electrons. The first kappa shape index (κ1) is 13.4. The van der Waals surface area contributed by atoms with E-state index >= 15 is 0 Å². The Bertz CT molecular complexity index is 540. The lowest BCUT2D eigenvalue weighted by Gasteiger charge is -2.15. The summed E-state index contributed by atoms with van der Waals surface area (Å²) in [6.07, 6.45) is 0.873. The lowest BCUT2D eigenvalue weighted by atomic mass is 10.0. The standard InChI is InChI=1S/C16H19NO2/c1-3-15(17)14-9-4-5-10-16(14)19-13-8-6-7-12(11-13)18-2/h4-11,15H,3,17H2,1-2H3/t15-/m0/s1. The van der Waals surface area contributed by atoms with Gasteiger partial charge in [-0.25, -0.2) is 0 Å². The second kappa shape index (κ2) is 6.25. The Kier molecular flexibility index (Phi) is 4.42. The highest BCUT2D eigenvalue weighted by Gasteiger charge is 2.10. The van der Waals surface area contributed by atoms with Crippen LogP contribution in [0, 0.1) is 0 Å². The summed E-state index contributed by atoms with van der Waals surface area (Å²) < 4.78 is 11.1. The van der Waals surface area contributed by atoms with Gasteiger partial charge in [0.05, 0.1) is 7.11 Å². The molecule has 0 amide bonds. The molecule has 1 atom stereocenters. The maximum absolute atomic E-state index is 6.10. The minimum Gasteiger partial charge on any atom is -0.497 e. The zero-order chi connectivity index (χ0) is 13.7. The van der Waals surface area contributed by atoms with Gasteiger partial charge in [0.15, 0.2) is 0 Å². The van der Waals surface area contributed by atoms with Gasteiger partial charge in [-0.05, 0) is 24.6 Å². The van der Waals surface area contributed by atoms with Crippen LogP contribution >= 0.6 is 0 Å². The average Bonchev–Trinajstić information content (AvgIpc) is 2.47. The summed E-state index contributed by atoms with van der Waals surface area (Å²) in [7, 11) is 1.64. The highest BCUT2D eigenvalue weighted by atomic mass is 16.5. The normalized spacial score (nSPS) is 11.9. The second-order valence-electron chi connectivity index (χ2n) is 4.33. The molecule has 2 N–H and O–H groups in total. The Hall–Kier alpha value is -2.00. The first-order valence-electron chi connectivity index (χ1n) is 6.41. The van der Waals surface area contributed by atoms with E-state index in [0.717, 1.165) is 29.2 Å². The van der Waals surface area contributed by atoms with Gasteiger partial charge in [-0.3, -0.25) is 0 Å². The molecule has 2 aromatic carbocycles. The molecule has 0 saturated heterocycles. The molecule has 0 aliphatic carbocycles. The van der Waals surface area contributed by atoms with E-state index in [1.165, 1.54) is 0 Å². The predicted molar refractivity (Wildman–Crippen MR) is 76.7 cm³/mol. The largest absolute Gasteiger partial charge is 0.497 e. The molecular formula is C16H19NO2. The molecule has 0 bridgehead atoms. The number of methoxy groups -OCH3 is 1. The van der Waals surface area contributed by atoms with Crippen LogP contribution < -0.4 is 15.2 Å². The summed E-state index contributed by atoms with van der Waals surface area (Å²) in [6, 6.07) is 15.4. The molecule has 2 rings (SSSR count). The van der Waals surface area contributed by atoms with Crippen molar-refractivity contribution >= 4 is 0 Å². The van der Waals surface area contributed by atoms with E-state index in [-0.39, 0.29) is 6.04 Å². The summed E-state index contributed by atoms with van der Waals surface area (Å²) >= 11 is 0. The Morgan fingerprint density at radius 1 is 1.05 bits per heavy atom. The molecule has 0 fully saturated rings. The van der Waals surface area contributed by atoms with E-state index in [4.69, 9.17) is 15.2 Å². The molecule has 2 aromatic rings. The van der Waals surface area contributed by atoms with Crippen LogP contribution in [0.1, 0.15) is 24.9 Å². The van der Waals surface area contributed by atoms with Gasteiger partial charge in [-0.1, -0.05) is 31.2 Å². The molecule has 0 spiro atoms. The fourth-order valence-electron chi connectivity index (χ4n) is 1.89. The average molecular weight is 257 g/mol. The monoisotopic (exact) mass is 257 g/mol. The van der Waals surface area contributed by atoms with Crippen molar-refractivity contribution in [3.8, 4) is 17.2 Å². The third-order valence-electron chi connectivity index (χ3n) is 3.03. The Morgan fingerprint density at radius 3 is 2.53 bits per heavy atom. The molecule has 0 aliphatic rings. The smallest absolute Gasteiger partial charge is 0.132 e. The Morgan fingerprint density at radius 2 is 1.79 bits per heavy atom. The van der Waals surface area contributed by atoms with Gasteiger partial charge in [-0.15, -0.1) is 0 Å². The first-order chi connectivity index (χ1) is 9.24. The number of benzene rings is 2. The molecule has 0 aliphatic heterocycles. The van der Waals surface area contributed by atoms with Gasteiger partial charge >= 0.3 is 0 Å². The van der Waals surface area contributed by atoms with Gasteiger partial charge in [0.2, 0.25) is 0 Å². The van der Waals surface area contributed by atoms with E-state index in [1.807, 2.05) is 48.5 Å². The predicted octanol–water partition coefficient (Wildman–Crippen LogP) is 3.90. The third kappa shape index (κ3) is 3.26. The van der Waals surface area contributed by atoms with Gasteiger partial charge in [0.25, 0.3) is 0 Å². The lowest BCUT2D eigenvalue weighted by molar-refractivity contribution is 0.408. The van der Waals surface area contributed by atoms with Crippen LogP contribution in [0.4, 0.5) is 0 Å². The molecule has 0 saturated carbocycles. The van der Waals surface area contributed by atoms with E-state index < -0.39 is 0 Å². The van der Waals surface area contributed by atoms with E-state index in [0.29, 0.717) is 0 Å². The van der Waals surface area contributed by atoms with Crippen LogP contribution in [0.5, 0.6) is 17.2 Å². The van der Waals surface area contributed by atoms with Gasteiger partial charge in [0.1, 0.15) is 17.2 Å². The minimum absolute atomic E-state index is 0.0122. The molecule has 3 nitrogen and oxygen atoms in total. The summed E-state index contributed by atoms with van der Waals surface area (Å²) in [6.45, 7) is 2.06. The summed E-state index contributed by atoms with van der Waals surface area (Å²) in [5, 5.41) is 0. The van der Waals surface area contributed by atoms with Crippen molar-refractivity contribution in [2.24, 2.45) is 5.73 Å². The fraction of sp³-hybridized carbons (Fsp3) is 0.250. The molecule has 0 unspecified atom stereocenters. The zero-order valence-corrected chi connectivity index (χ0v) is 11.3. The Balaban J connectivity index is 2.27. The number of nitrogens with two attached hydrogens (primary N) is 1. The van der Waals surface area contributed by atoms with Gasteiger partial charge in [-0.2, -0.15) is 0 Å². The van der Waals surface area contributed by atoms with Gasteiger partial charge in [0, 0.05) is 17.7 Å². The molecule has 100 valence electrons. The van der Waals surface area contributed by atoms with Crippen LogP contribution in [0.15, 0.2) is 48.5 Å². The van der Waals surface area contributed by atoms with E-state index in [9.17, 15) is 0 Å². The zero-order valence-electron chi connectivity index (χ0n) is 11.3. The minimum atomic E-state index is -0.0122. The second-order valence-corrected chi connectivity index (χ2v) is 4.33. The van der Waals surface area contributed by atoms with Crippen molar-refractivity contribution in [2.75, 3.05) is 7.11 Å². The summed E-state index contributed by atoms with van der Waals surface area (Å²) in [5.41, 5.74) is 7.12. The van der Waals surface area contributed by atoms with Crippen molar-refractivity contribution in [1.29, 1.82) is 0 Å². The maximum atomic E-state index is 6.10. The van der Waals surface area contributed by atoms with Gasteiger partial charge < -0.3 is 15.2 Å². The van der Waals surface area contributed by atoms with Crippen LogP contribution in [0.2, 0.25) is 0 Å². The molecule has 19 heavy (non-hydrogen) atoms. The number of ether oxygens (including phenoxy) is 2. The molecular weight excluding hydrogens is 238 g/mol. The molecule has 0 heterocycles. The fourth-order valence-corrected chi connectivity index (χ4v) is 1.89. The van der Waals surface area contributed by atoms with Crippen molar-refractivity contribution in [3.05, 3.63) is 54.1 Å². The number of rotatable bonds is 5. The van der Waals surface area contributed by atoms with E-state index in [2.05, 4.69) is 6.92 Å². The first-order valence-corrected chi connectivity index (χ1v) is 6.41. The van der Waals surface area contributed by atoms with Crippen molar-refractivity contribution in [2.45, 2.75) is 19.4 Å². The maximum Gasteiger partial charge on any atom is 0.132 e. The summed E-state index contributed by atoms with van der Waals surface area (Å²) in [4.78, 5) is 0. The van der Waals surface area contributed by atoms with Crippen LogP contribution in [-0.4, -0.2) is 7.11 Å². The van der Waals surface area contributed by atoms with Crippen molar-refractivity contribution in [3.63, 3.8) is 0 Å².